The standard InChI is InChI=1S/C38H31N3O5/c42-34(16-11-24-9-13-27(14-10-24)45-22-20-41-37(43)30-6-1-2-7-31(30)38(41)44)40-19-17-29-28-5-3-4-8-32(28)39-35(29)36(40)26-12-15-33-25(23-26)18-21-46-33/h1-16,23,36,39H,17-22H2/b16-11+/t36-/m1/s1. The Kier molecular flexibility index (Phi) is 6.90. The molecule has 0 unspecified atom stereocenters. The van der Waals surface area contributed by atoms with Crippen LogP contribution in [0.25, 0.3) is 17.0 Å². The van der Waals surface area contributed by atoms with Gasteiger partial charge in [0.25, 0.3) is 11.8 Å². The van der Waals surface area contributed by atoms with Gasteiger partial charge >= 0.3 is 0 Å². The summed E-state index contributed by atoms with van der Waals surface area (Å²) in [6.07, 6.45) is 5.09. The van der Waals surface area contributed by atoms with Crippen LogP contribution in [0.3, 0.4) is 0 Å². The number of aromatic amines is 1. The molecular formula is C38H31N3O5. The highest BCUT2D eigenvalue weighted by Crippen LogP contribution is 2.40. The average Bonchev–Trinajstić information content (AvgIpc) is 3.78. The maximum absolute atomic E-state index is 13.8. The summed E-state index contributed by atoms with van der Waals surface area (Å²) in [5, 5.41) is 1.21. The molecule has 8 rings (SSSR count). The number of amides is 3. The Morgan fingerprint density at radius 1 is 0.913 bits per heavy atom. The van der Waals surface area contributed by atoms with Gasteiger partial charge in [0.1, 0.15) is 18.1 Å². The summed E-state index contributed by atoms with van der Waals surface area (Å²) >= 11 is 0. The lowest BCUT2D eigenvalue weighted by molar-refractivity contribution is -0.128. The number of fused-ring (bicyclic) bond motifs is 5. The minimum atomic E-state index is -0.295. The highest BCUT2D eigenvalue weighted by atomic mass is 16.5. The van der Waals surface area contributed by atoms with E-state index in [1.807, 2.05) is 47.4 Å². The van der Waals surface area contributed by atoms with Gasteiger partial charge in [-0.2, -0.15) is 0 Å². The van der Waals surface area contributed by atoms with Crippen LogP contribution in [-0.4, -0.2) is 58.8 Å². The van der Waals surface area contributed by atoms with Gasteiger partial charge in [0.05, 0.1) is 30.3 Å². The Bertz CT molecular complexity index is 2010. The van der Waals surface area contributed by atoms with Gasteiger partial charge in [-0.1, -0.05) is 48.5 Å². The van der Waals surface area contributed by atoms with Gasteiger partial charge in [-0.15, -0.1) is 0 Å². The second kappa shape index (κ2) is 11.4. The molecule has 4 aromatic carbocycles. The van der Waals surface area contributed by atoms with Gasteiger partial charge in [0.2, 0.25) is 5.91 Å². The zero-order valence-electron chi connectivity index (χ0n) is 25.1. The summed E-state index contributed by atoms with van der Waals surface area (Å²) in [5.74, 6) is 0.883. The van der Waals surface area contributed by atoms with E-state index in [1.54, 1.807) is 30.3 Å². The average molecular weight is 610 g/mol. The van der Waals surface area contributed by atoms with Crippen molar-refractivity contribution in [1.82, 2.24) is 14.8 Å². The third-order valence-electron chi connectivity index (χ3n) is 9.11. The lowest BCUT2D eigenvalue weighted by Crippen LogP contribution is -2.39. The number of hydrogen-bond acceptors (Lipinski definition) is 5. The number of benzene rings is 4. The van der Waals surface area contributed by atoms with Gasteiger partial charge < -0.3 is 19.4 Å². The molecule has 0 aliphatic carbocycles. The van der Waals surface area contributed by atoms with Crippen molar-refractivity contribution in [2.45, 2.75) is 18.9 Å². The first-order valence-electron chi connectivity index (χ1n) is 15.6. The molecule has 0 saturated carbocycles. The second-order valence-electron chi connectivity index (χ2n) is 11.8. The van der Waals surface area contributed by atoms with Crippen molar-refractivity contribution in [3.8, 4) is 11.5 Å². The molecule has 46 heavy (non-hydrogen) atoms. The van der Waals surface area contributed by atoms with Gasteiger partial charge in [-0.3, -0.25) is 19.3 Å². The molecule has 1 aromatic heterocycles. The number of para-hydroxylation sites is 1. The number of carbonyl (C=O) groups is 3. The van der Waals surface area contributed by atoms with E-state index < -0.39 is 0 Å². The molecule has 0 radical (unpaired) electrons. The number of ether oxygens (including phenoxy) is 2. The molecule has 0 fully saturated rings. The van der Waals surface area contributed by atoms with Crippen LogP contribution in [0.15, 0.2) is 97.1 Å². The number of hydrogen-bond donors (Lipinski definition) is 1. The monoisotopic (exact) mass is 609 g/mol. The van der Waals surface area contributed by atoms with Crippen molar-refractivity contribution in [1.29, 1.82) is 0 Å². The molecule has 1 N–H and O–H groups in total. The molecule has 4 heterocycles. The van der Waals surface area contributed by atoms with Gasteiger partial charge in [-0.25, -0.2) is 0 Å². The zero-order chi connectivity index (χ0) is 31.2. The Morgan fingerprint density at radius 3 is 2.48 bits per heavy atom. The van der Waals surface area contributed by atoms with Crippen molar-refractivity contribution in [2.24, 2.45) is 0 Å². The van der Waals surface area contributed by atoms with E-state index in [9.17, 15) is 14.4 Å². The first-order valence-corrected chi connectivity index (χ1v) is 15.6. The number of imide groups is 1. The summed E-state index contributed by atoms with van der Waals surface area (Å²) in [6.45, 7) is 1.63. The minimum absolute atomic E-state index is 0.0627. The normalized spacial score (nSPS) is 16.9. The van der Waals surface area contributed by atoms with Gasteiger partial charge in [-0.05, 0) is 77.2 Å². The van der Waals surface area contributed by atoms with Crippen LogP contribution >= 0.6 is 0 Å². The molecule has 0 spiro atoms. The molecule has 8 nitrogen and oxygen atoms in total. The van der Waals surface area contributed by atoms with Crippen molar-refractivity contribution in [3.05, 3.63) is 136 Å². The zero-order valence-corrected chi connectivity index (χ0v) is 25.1. The number of carbonyl (C=O) groups excluding carboxylic acids is 3. The third kappa shape index (κ3) is 4.83. The smallest absolute Gasteiger partial charge is 0.261 e. The molecule has 1 atom stereocenters. The maximum atomic E-state index is 13.8. The van der Waals surface area contributed by atoms with Crippen LogP contribution < -0.4 is 9.47 Å². The van der Waals surface area contributed by atoms with Gasteiger partial charge in [0, 0.05) is 35.6 Å². The number of aromatic nitrogens is 1. The van der Waals surface area contributed by atoms with E-state index in [2.05, 4.69) is 35.3 Å². The number of rotatable bonds is 7. The number of nitrogens with zero attached hydrogens (tertiary/aromatic N) is 2. The van der Waals surface area contributed by atoms with Crippen molar-refractivity contribution >= 4 is 34.7 Å². The quantitative estimate of drug-likeness (QED) is 0.182. The molecule has 0 bridgehead atoms. The lowest BCUT2D eigenvalue weighted by Gasteiger charge is -2.36. The van der Waals surface area contributed by atoms with Crippen LogP contribution in [0.2, 0.25) is 0 Å². The summed E-state index contributed by atoms with van der Waals surface area (Å²) in [6, 6.07) is 28.6. The Labute approximate surface area is 265 Å². The third-order valence-corrected chi connectivity index (χ3v) is 9.11. The van der Waals surface area contributed by atoms with E-state index in [1.165, 1.54) is 21.4 Å². The summed E-state index contributed by atoms with van der Waals surface area (Å²) in [5.41, 5.74) is 7.37. The number of nitrogens with one attached hydrogen (secondary N) is 1. The molecule has 5 aromatic rings. The van der Waals surface area contributed by atoms with E-state index in [0.29, 0.717) is 30.0 Å². The molecule has 3 amide bonds. The van der Waals surface area contributed by atoms with Crippen molar-refractivity contribution in [3.63, 3.8) is 0 Å². The molecule has 3 aliphatic heterocycles. The molecular weight excluding hydrogens is 578 g/mol. The second-order valence-corrected chi connectivity index (χ2v) is 11.8. The van der Waals surface area contributed by atoms with Gasteiger partial charge in [0.15, 0.2) is 0 Å². The van der Waals surface area contributed by atoms with E-state index in [4.69, 9.17) is 9.47 Å². The predicted molar refractivity (Wildman–Crippen MR) is 174 cm³/mol. The minimum Gasteiger partial charge on any atom is -0.493 e. The maximum Gasteiger partial charge on any atom is 0.261 e. The largest absolute Gasteiger partial charge is 0.493 e. The Balaban J connectivity index is 0.966. The van der Waals surface area contributed by atoms with Crippen LogP contribution in [0.5, 0.6) is 11.5 Å². The Hall–Kier alpha value is -5.63. The van der Waals surface area contributed by atoms with Crippen LogP contribution in [0, 0.1) is 0 Å². The lowest BCUT2D eigenvalue weighted by atomic mass is 9.91. The highest BCUT2D eigenvalue weighted by molar-refractivity contribution is 6.21. The molecule has 3 aliphatic rings. The fourth-order valence-electron chi connectivity index (χ4n) is 6.84. The fourth-order valence-corrected chi connectivity index (χ4v) is 6.84. The SMILES string of the molecule is O=C1c2ccccc2C(=O)N1CCOc1ccc(/C=C/C(=O)N2CCc3c([nH]c4ccccc34)[C@H]2c2ccc3c(c2)CCO3)cc1. The first kappa shape index (κ1) is 27.9. The fraction of sp³-hybridized carbons (Fsp3) is 0.184. The van der Waals surface area contributed by atoms with Crippen molar-refractivity contribution < 1.29 is 23.9 Å². The topological polar surface area (TPSA) is 91.9 Å². The van der Waals surface area contributed by atoms with Crippen molar-refractivity contribution in [2.75, 3.05) is 26.3 Å². The molecule has 228 valence electrons. The summed E-state index contributed by atoms with van der Waals surface area (Å²) in [4.78, 5) is 45.8. The predicted octanol–water partition coefficient (Wildman–Crippen LogP) is 5.97. The first-order chi connectivity index (χ1) is 22.5. The summed E-state index contributed by atoms with van der Waals surface area (Å²) < 4.78 is 11.6. The van der Waals surface area contributed by atoms with Crippen LogP contribution in [0.1, 0.15) is 54.7 Å². The van der Waals surface area contributed by atoms with Crippen LogP contribution in [-0.2, 0) is 17.6 Å². The van der Waals surface area contributed by atoms with E-state index in [0.717, 1.165) is 40.9 Å². The van der Waals surface area contributed by atoms with Crippen LogP contribution in [0.4, 0.5) is 0 Å². The summed E-state index contributed by atoms with van der Waals surface area (Å²) in [7, 11) is 0. The highest BCUT2D eigenvalue weighted by Gasteiger charge is 2.36. The molecule has 8 heteroatoms. The Morgan fingerprint density at radius 2 is 1.67 bits per heavy atom. The number of H-pyrrole nitrogens is 1. The van der Waals surface area contributed by atoms with E-state index in [-0.39, 0.29) is 36.9 Å². The van der Waals surface area contributed by atoms with E-state index >= 15 is 0 Å². The molecule has 0 saturated heterocycles.